The minimum absolute atomic E-state index is 0.366. The Labute approximate surface area is 60.6 Å². The Morgan fingerprint density at radius 2 is 2.20 bits per heavy atom. The smallest absolute Gasteiger partial charge is 0.260 e. The Hall–Kier alpha value is -1.33. The molecule has 2 aliphatic heterocycles. The minimum Gasteiger partial charge on any atom is -0.295 e. The summed E-state index contributed by atoms with van der Waals surface area (Å²) in [7, 11) is 0. The number of hydrogen-bond acceptors (Lipinski definition) is 1. The first kappa shape index (κ1) is 5.45. The van der Waals surface area contributed by atoms with E-state index in [1.54, 1.807) is 0 Å². The summed E-state index contributed by atoms with van der Waals surface area (Å²) in [6.45, 7) is 5.66. The van der Waals surface area contributed by atoms with Gasteiger partial charge in [-0.3, -0.25) is 4.90 Å². The highest BCUT2D eigenvalue weighted by atomic mass is 15.2. The fraction of sp³-hybridized carbons (Fsp3) is 0.111. The average Bonchev–Trinajstić information content (AvgIpc) is 2.34. The van der Waals surface area contributed by atoms with Crippen molar-refractivity contribution in [3.05, 3.63) is 48.9 Å². The van der Waals surface area contributed by atoms with Gasteiger partial charge in [-0.15, -0.1) is 0 Å². The number of fused-ring (bicyclic) bond motifs is 1. The Morgan fingerprint density at radius 1 is 1.30 bits per heavy atom. The molecule has 0 aliphatic carbocycles. The molecular weight excluding hydrogens is 122 g/mol. The van der Waals surface area contributed by atoms with Gasteiger partial charge in [0.2, 0.25) is 0 Å². The summed E-state index contributed by atoms with van der Waals surface area (Å²) in [5.74, 6) is 0. The third-order valence-corrected chi connectivity index (χ3v) is 1.75. The van der Waals surface area contributed by atoms with Gasteiger partial charge in [0.1, 0.15) is 0 Å². The fourth-order valence-corrected chi connectivity index (χ4v) is 1.21. The summed E-state index contributed by atoms with van der Waals surface area (Å²) in [5, 5.41) is 0. The molecule has 10 heavy (non-hydrogen) atoms. The number of rotatable bonds is 0. The van der Waals surface area contributed by atoms with Gasteiger partial charge in [-0.1, -0.05) is 12.2 Å². The van der Waals surface area contributed by atoms with E-state index in [0.29, 0.717) is 6.04 Å². The van der Waals surface area contributed by atoms with Crippen molar-refractivity contribution >= 4 is 0 Å². The number of hydrogen-bond donors (Lipinski definition) is 0. The van der Waals surface area contributed by atoms with Gasteiger partial charge in [0, 0.05) is 12.3 Å². The first-order valence-electron chi connectivity index (χ1n) is 3.32. The Bertz CT molecular complexity index is 243. The molecule has 2 heterocycles. The van der Waals surface area contributed by atoms with Crippen molar-refractivity contribution in [2.45, 2.75) is 6.04 Å². The van der Waals surface area contributed by atoms with E-state index < -0.39 is 0 Å². The lowest BCUT2D eigenvalue weighted by molar-refractivity contribution is 0.478. The highest BCUT2D eigenvalue weighted by Gasteiger charge is 2.25. The molecule has 0 aromatic rings. The molecule has 0 saturated carbocycles. The van der Waals surface area contributed by atoms with Crippen LogP contribution in [0.15, 0.2) is 42.3 Å². The zero-order chi connectivity index (χ0) is 6.97. The lowest BCUT2D eigenvalue weighted by atomic mass is 10.2. The van der Waals surface area contributed by atoms with Crippen LogP contribution in [-0.4, -0.2) is 10.9 Å². The second-order valence-electron chi connectivity index (χ2n) is 2.41. The fourth-order valence-electron chi connectivity index (χ4n) is 1.21. The van der Waals surface area contributed by atoms with Crippen molar-refractivity contribution < 1.29 is 0 Å². The molecule has 2 aliphatic rings. The zero-order valence-corrected chi connectivity index (χ0v) is 5.57. The summed E-state index contributed by atoms with van der Waals surface area (Å²) in [6, 6.07) is 0.366. The Balaban J connectivity index is 2.34. The molecule has 0 N–H and O–H groups in total. The van der Waals surface area contributed by atoms with Crippen LogP contribution in [0.25, 0.3) is 0 Å². The van der Waals surface area contributed by atoms with Crippen LogP contribution in [0, 0.1) is 6.58 Å². The van der Waals surface area contributed by atoms with Crippen LogP contribution in [0.5, 0.6) is 0 Å². The Kier molecular flexibility index (Phi) is 0.996. The molecular formula is C9H8N+. The van der Waals surface area contributed by atoms with Crippen LogP contribution in [0.1, 0.15) is 0 Å². The van der Waals surface area contributed by atoms with Gasteiger partial charge in [0.05, 0.1) is 18.7 Å². The van der Waals surface area contributed by atoms with Gasteiger partial charge >= 0.3 is 0 Å². The second kappa shape index (κ2) is 1.83. The van der Waals surface area contributed by atoms with E-state index in [9.17, 15) is 0 Å². The zero-order valence-electron chi connectivity index (χ0n) is 5.57. The third kappa shape index (κ3) is 0.615. The number of nitrogens with zero attached hydrogens (tertiary/aromatic N) is 1. The number of allylic oxidation sites excluding steroid dienone is 3. The molecule has 0 aromatic heterocycles. The van der Waals surface area contributed by atoms with E-state index in [0.717, 1.165) is 5.70 Å². The van der Waals surface area contributed by atoms with Gasteiger partial charge in [-0.05, 0) is 6.08 Å². The van der Waals surface area contributed by atoms with E-state index in [4.69, 9.17) is 6.58 Å². The highest BCUT2D eigenvalue weighted by Crippen LogP contribution is 2.21. The molecule has 48 valence electrons. The van der Waals surface area contributed by atoms with E-state index >= 15 is 0 Å². The minimum atomic E-state index is 0.366. The van der Waals surface area contributed by atoms with Gasteiger partial charge in [-0.2, -0.15) is 0 Å². The van der Waals surface area contributed by atoms with Crippen LogP contribution in [-0.2, 0) is 0 Å². The maximum Gasteiger partial charge on any atom is 0.260 e. The van der Waals surface area contributed by atoms with E-state index in [-0.39, 0.29) is 0 Å². The van der Waals surface area contributed by atoms with Gasteiger partial charge in [-0.25, -0.2) is 0 Å². The van der Waals surface area contributed by atoms with Crippen LogP contribution in [0.2, 0.25) is 0 Å². The summed E-state index contributed by atoms with van der Waals surface area (Å²) in [4.78, 5) is 2.03. The standard InChI is InChI=1S/C9H8N/c1-8-5-6-9-4-2-3-7-10(8)9/h1-7,9H/q+1. The molecule has 1 heteroatoms. The molecule has 2 rings (SSSR count). The maximum absolute atomic E-state index is 5.66. The van der Waals surface area contributed by atoms with Gasteiger partial charge < -0.3 is 0 Å². The predicted octanol–water partition coefficient (Wildman–Crippen LogP) is 1.63. The van der Waals surface area contributed by atoms with Crippen LogP contribution < -0.4 is 0 Å². The lowest BCUT2D eigenvalue weighted by Crippen LogP contribution is -2.22. The summed E-state index contributed by atoms with van der Waals surface area (Å²) in [6.07, 6.45) is 12.1. The molecule has 0 fully saturated rings. The molecule has 0 aromatic carbocycles. The summed E-state index contributed by atoms with van der Waals surface area (Å²) < 4.78 is 0. The van der Waals surface area contributed by atoms with Crippen LogP contribution >= 0.6 is 0 Å². The molecule has 1 atom stereocenters. The molecule has 0 amide bonds. The molecule has 0 spiro atoms. The molecule has 1 unspecified atom stereocenters. The maximum atomic E-state index is 5.66. The quantitative estimate of drug-likeness (QED) is 0.450. The Morgan fingerprint density at radius 3 is 3.00 bits per heavy atom. The molecule has 0 bridgehead atoms. The van der Waals surface area contributed by atoms with Crippen molar-refractivity contribution in [1.82, 2.24) is 4.90 Å². The monoisotopic (exact) mass is 130 g/mol. The van der Waals surface area contributed by atoms with Gasteiger partial charge in [0.15, 0.2) is 0 Å². The van der Waals surface area contributed by atoms with Crippen molar-refractivity contribution in [3.63, 3.8) is 0 Å². The highest BCUT2D eigenvalue weighted by molar-refractivity contribution is 5.33. The van der Waals surface area contributed by atoms with E-state index in [1.165, 1.54) is 0 Å². The van der Waals surface area contributed by atoms with Gasteiger partial charge in [0.25, 0.3) is 5.70 Å². The summed E-state index contributed by atoms with van der Waals surface area (Å²) >= 11 is 0. The van der Waals surface area contributed by atoms with Crippen molar-refractivity contribution in [1.29, 1.82) is 0 Å². The average molecular weight is 130 g/mol. The van der Waals surface area contributed by atoms with Crippen molar-refractivity contribution in [2.24, 2.45) is 0 Å². The SMILES string of the molecule is [CH+]=C1C=CC2C=CC=CN12. The molecule has 1 nitrogen and oxygen atoms in total. The molecule has 0 radical (unpaired) electrons. The third-order valence-electron chi connectivity index (χ3n) is 1.75. The van der Waals surface area contributed by atoms with E-state index in [1.807, 2.05) is 29.3 Å². The van der Waals surface area contributed by atoms with Crippen molar-refractivity contribution in [2.75, 3.05) is 0 Å². The van der Waals surface area contributed by atoms with Crippen LogP contribution in [0.3, 0.4) is 0 Å². The van der Waals surface area contributed by atoms with Crippen LogP contribution in [0.4, 0.5) is 0 Å². The second-order valence-corrected chi connectivity index (χ2v) is 2.41. The first-order chi connectivity index (χ1) is 4.88. The summed E-state index contributed by atoms with van der Waals surface area (Å²) in [5.41, 5.74) is 0.825. The lowest BCUT2D eigenvalue weighted by Gasteiger charge is -2.17. The topological polar surface area (TPSA) is 3.24 Å². The first-order valence-corrected chi connectivity index (χ1v) is 3.32. The largest absolute Gasteiger partial charge is 0.295 e. The van der Waals surface area contributed by atoms with E-state index in [2.05, 4.69) is 12.2 Å². The normalized spacial score (nSPS) is 27.7. The molecule has 0 saturated heterocycles. The van der Waals surface area contributed by atoms with Crippen molar-refractivity contribution in [3.8, 4) is 0 Å². The predicted molar refractivity (Wildman–Crippen MR) is 40.9 cm³/mol.